The number of likely N-dealkylation sites (tertiary alicyclic amines) is 1. The average molecular weight is 328 g/mol. The van der Waals surface area contributed by atoms with Crippen LogP contribution in [-0.4, -0.2) is 33.6 Å². The molecule has 0 bridgehead atoms. The van der Waals surface area contributed by atoms with Gasteiger partial charge in [-0.15, -0.1) is 0 Å². The molecule has 2 rings (SSSR count). The molecule has 0 saturated carbocycles. The summed E-state index contributed by atoms with van der Waals surface area (Å²) in [4.78, 5) is 13.9. The minimum absolute atomic E-state index is 0.214. The molecule has 0 spiro atoms. The van der Waals surface area contributed by atoms with Crippen LogP contribution in [0.4, 0.5) is 0 Å². The third-order valence-corrected chi connectivity index (χ3v) is 4.94. The van der Waals surface area contributed by atoms with Crippen LogP contribution in [0, 0.1) is 12.8 Å². The predicted molar refractivity (Wildman–Crippen MR) is 79.0 cm³/mol. The van der Waals surface area contributed by atoms with E-state index in [4.69, 9.17) is 0 Å². The molecular weight excluding hydrogens is 306 g/mol. The van der Waals surface area contributed by atoms with E-state index in [1.165, 1.54) is 5.69 Å². The summed E-state index contributed by atoms with van der Waals surface area (Å²) >= 11 is 3.64. The lowest BCUT2D eigenvalue weighted by Gasteiger charge is -2.31. The number of hydrogen-bond donors (Lipinski definition) is 0. The van der Waals surface area contributed by atoms with Gasteiger partial charge < -0.3 is 0 Å². The first kappa shape index (κ1) is 14.7. The second-order valence-electron chi connectivity index (χ2n) is 5.35. The van der Waals surface area contributed by atoms with E-state index in [2.05, 4.69) is 37.5 Å². The van der Waals surface area contributed by atoms with Crippen molar-refractivity contribution in [3.63, 3.8) is 0 Å². The molecule has 1 atom stereocenters. The quantitative estimate of drug-likeness (QED) is 0.853. The number of ketones is 1. The van der Waals surface area contributed by atoms with Crippen LogP contribution < -0.4 is 0 Å². The summed E-state index contributed by atoms with van der Waals surface area (Å²) in [5, 5.41) is 4.52. The minimum Gasteiger partial charge on any atom is -0.300 e. The monoisotopic (exact) mass is 327 g/mol. The van der Waals surface area contributed by atoms with Crippen LogP contribution in [0.1, 0.15) is 38.1 Å². The van der Waals surface area contributed by atoms with Crippen molar-refractivity contribution in [2.24, 2.45) is 5.92 Å². The van der Waals surface area contributed by atoms with Crippen molar-refractivity contribution in [2.75, 3.05) is 13.1 Å². The van der Waals surface area contributed by atoms with Gasteiger partial charge in [0.15, 0.2) is 0 Å². The van der Waals surface area contributed by atoms with Crippen LogP contribution in [0.15, 0.2) is 4.47 Å². The van der Waals surface area contributed by atoms with E-state index >= 15 is 0 Å². The van der Waals surface area contributed by atoms with E-state index in [1.54, 1.807) is 6.92 Å². The number of piperidine rings is 1. The Morgan fingerprint density at radius 3 is 2.89 bits per heavy atom. The van der Waals surface area contributed by atoms with Gasteiger partial charge >= 0.3 is 0 Å². The summed E-state index contributed by atoms with van der Waals surface area (Å²) in [6.45, 7) is 9.56. The number of aryl methyl sites for hydroxylation is 2. The van der Waals surface area contributed by atoms with Crippen LogP contribution in [0.3, 0.4) is 0 Å². The number of halogens is 1. The highest BCUT2D eigenvalue weighted by Gasteiger charge is 2.24. The molecule has 1 aromatic rings. The Hall–Kier alpha value is -0.680. The number of rotatable bonds is 4. The van der Waals surface area contributed by atoms with Gasteiger partial charge in [-0.3, -0.25) is 14.4 Å². The molecule has 0 radical (unpaired) electrons. The summed E-state index contributed by atoms with van der Waals surface area (Å²) in [6, 6.07) is 0. The van der Waals surface area contributed by atoms with E-state index < -0.39 is 0 Å². The zero-order valence-corrected chi connectivity index (χ0v) is 13.5. The Labute approximate surface area is 123 Å². The summed E-state index contributed by atoms with van der Waals surface area (Å²) < 4.78 is 3.16. The van der Waals surface area contributed by atoms with Crippen molar-refractivity contribution in [1.29, 1.82) is 0 Å². The lowest BCUT2D eigenvalue weighted by Crippen LogP contribution is -2.38. The number of hydrogen-bond acceptors (Lipinski definition) is 3. The molecule has 4 nitrogen and oxygen atoms in total. The van der Waals surface area contributed by atoms with Gasteiger partial charge in [0.05, 0.1) is 15.9 Å². The lowest BCUT2D eigenvalue weighted by atomic mass is 9.94. The van der Waals surface area contributed by atoms with Gasteiger partial charge in [-0.05, 0) is 56.1 Å². The molecule has 1 aliphatic rings. The van der Waals surface area contributed by atoms with Gasteiger partial charge in [-0.25, -0.2) is 0 Å². The zero-order valence-electron chi connectivity index (χ0n) is 11.9. The second kappa shape index (κ2) is 6.18. The maximum atomic E-state index is 11.5. The highest BCUT2D eigenvalue weighted by molar-refractivity contribution is 9.10. The van der Waals surface area contributed by atoms with E-state index in [0.717, 1.165) is 49.2 Å². The Morgan fingerprint density at radius 2 is 2.26 bits per heavy atom. The van der Waals surface area contributed by atoms with Crippen molar-refractivity contribution < 1.29 is 4.79 Å². The molecule has 2 heterocycles. The first-order valence-electron chi connectivity index (χ1n) is 6.97. The third-order valence-electron chi connectivity index (χ3n) is 3.91. The van der Waals surface area contributed by atoms with Crippen molar-refractivity contribution in [3.8, 4) is 0 Å². The molecule has 0 aromatic carbocycles. The summed E-state index contributed by atoms with van der Waals surface area (Å²) in [5.41, 5.74) is 2.26. The lowest BCUT2D eigenvalue weighted by molar-refractivity contribution is -0.122. The number of nitrogens with zero attached hydrogens (tertiary/aromatic N) is 3. The predicted octanol–water partition coefficient (Wildman–Crippen LogP) is 2.77. The Bertz CT molecular complexity index is 470. The normalized spacial score (nSPS) is 20.7. The smallest absolute Gasteiger partial charge is 0.134 e. The van der Waals surface area contributed by atoms with Crippen molar-refractivity contribution in [3.05, 3.63) is 15.9 Å². The SMILES string of the molecule is CCn1nc(C)c(Br)c1CN1CCCC(C(C)=O)C1. The van der Waals surface area contributed by atoms with Crippen LogP contribution >= 0.6 is 15.9 Å². The molecule has 1 saturated heterocycles. The number of carbonyl (C=O) groups is 1. The third kappa shape index (κ3) is 3.26. The van der Waals surface area contributed by atoms with Crippen LogP contribution in [-0.2, 0) is 17.9 Å². The molecule has 0 N–H and O–H groups in total. The van der Waals surface area contributed by atoms with Crippen molar-refractivity contribution in [2.45, 2.75) is 46.7 Å². The number of aromatic nitrogens is 2. The van der Waals surface area contributed by atoms with Gasteiger partial charge in [0, 0.05) is 25.6 Å². The summed E-state index contributed by atoms with van der Waals surface area (Å²) in [6.07, 6.45) is 2.15. The van der Waals surface area contributed by atoms with Gasteiger partial charge in [-0.1, -0.05) is 0 Å². The van der Waals surface area contributed by atoms with Crippen LogP contribution in [0.25, 0.3) is 0 Å². The molecule has 1 aromatic heterocycles. The first-order chi connectivity index (χ1) is 9.02. The van der Waals surface area contributed by atoms with Crippen molar-refractivity contribution in [1.82, 2.24) is 14.7 Å². The summed E-state index contributed by atoms with van der Waals surface area (Å²) in [7, 11) is 0. The molecule has 5 heteroatoms. The second-order valence-corrected chi connectivity index (χ2v) is 6.14. The van der Waals surface area contributed by atoms with E-state index in [-0.39, 0.29) is 5.92 Å². The Kier molecular flexibility index (Phi) is 4.79. The van der Waals surface area contributed by atoms with Gasteiger partial charge in [-0.2, -0.15) is 5.10 Å². The van der Waals surface area contributed by atoms with Gasteiger partial charge in [0.25, 0.3) is 0 Å². The molecule has 1 fully saturated rings. The molecule has 0 aliphatic carbocycles. The Balaban J connectivity index is 2.10. The number of carbonyl (C=O) groups excluding carboxylic acids is 1. The highest BCUT2D eigenvalue weighted by Crippen LogP contribution is 2.25. The molecule has 19 heavy (non-hydrogen) atoms. The first-order valence-corrected chi connectivity index (χ1v) is 7.76. The molecular formula is C14H22BrN3O. The molecule has 1 unspecified atom stereocenters. The molecule has 106 valence electrons. The average Bonchev–Trinajstić information content (AvgIpc) is 2.67. The van der Waals surface area contributed by atoms with E-state index in [9.17, 15) is 4.79 Å². The van der Waals surface area contributed by atoms with Gasteiger partial charge in [0.1, 0.15) is 5.78 Å². The summed E-state index contributed by atoms with van der Waals surface area (Å²) in [5.74, 6) is 0.538. The minimum atomic E-state index is 0.214. The maximum absolute atomic E-state index is 11.5. The topological polar surface area (TPSA) is 38.1 Å². The largest absolute Gasteiger partial charge is 0.300 e. The molecule has 0 amide bonds. The number of Topliss-reactive ketones (excluding diaryl/α,β-unsaturated/α-hetero) is 1. The standard InChI is InChI=1S/C14H22BrN3O/c1-4-18-13(14(15)10(2)16-18)9-17-7-5-6-12(8-17)11(3)19/h12H,4-9H2,1-3H3. The highest BCUT2D eigenvalue weighted by atomic mass is 79.9. The Morgan fingerprint density at radius 1 is 1.53 bits per heavy atom. The fourth-order valence-corrected chi connectivity index (χ4v) is 3.17. The zero-order chi connectivity index (χ0) is 14.0. The van der Waals surface area contributed by atoms with Gasteiger partial charge in [0.2, 0.25) is 0 Å². The molecule has 1 aliphatic heterocycles. The van der Waals surface area contributed by atoms with Crippen molar-refractivity contribution >= 4 is 21.7 Å². The fourth-order valence-electron chi connectivity index (χ4n) is 2.76. The maximum Gasteiger partial charge on any atom is 0.134 e. The van der Waals surface area contributed by atoms with Crippen LogP contribution in [0.5, 0.6) is 0 Å². The van der Waals surface area contributed by atoms with E-state index in [1.807, 2.05) is 6.92 Å². The van der Waals surface area contributed by atoms with E-state index in [0.29, 0.717) is 5.78 Å². The van der Waals surface area contributed by atoms with Crippen LogP contribution in [0.2, 0.25) is 0 Å². The fraction of sp³-hybridized carbons (Fsp3) is 0.714.